The fourth-order valence-corrected chi connectivity index (χ4v) is 3.80. The molecule has 0 heterocycles. The average molecular weight is 416 g/mol. The summed E-state index contributed by atoms with van der Waals surface area (Å²) in [6.45, 7) is 0. The highest BCUT2D eigenvalue weighted by atomic mass is 35.5. The molecule has 0 spiro atoms. The number of aliphatic imine (C=N–C) groups is 1. The number of rotatable bonds is 7. The molecule has 0 aliphatic heterocycles. The first-order valence-corrected chi connectivity index (χ1v) is 10.9. The summed E-state index contributed by atoms with van der Waals surface area (Å²) in [5.74, 6) is 1.48. The molecule has 0 saturated carbocycles. The van der Waals surface area contributed by atoms with Gasteiger partial charge in [-0.1, -0.05) is 17.7 Å². The molecular formula is C17H19ClFN3S3. The molecule has 0 fully saturated rings. The lowest BCUT2D eigenvalue weighted by molar-refractivity contribution is 0.937. The Hall–Kier alpha value is -1.02. The van der Waals surface area contributed by atoms with Gasteiger partial charge in [0.15, 0.2) is 0 Å². The summed E-state index contributed by atoms with van der Waals surface area (Å²) in [4.78, 5) is 8.42. The van der Waals surface area contributed by atoms with Gasteiger partial charge in [-0.05, 0) is 42.7 Å². The summed E-state index contributed by atoms with van der Waals surface area (Å²) >= 11 is 9.81. The minimum absolute atomic E-state index is 0.341. The highest BCUT2D eigenvalue weighted by Gasteiger charge is 2.08. The number of hydrogen-bond donors (Lipinski definition) is 1. The van der Waals surface area contributed by atoms with Crippen LogP contribution in [0.1, 0.15) is 0 Å². The average Bonchev–Trinajstić information content (AvgIpc) is 2.63. The zero-order valence-corrected chi connectivity index (χ0v) is 17.1. The number of nitrogens with two attached hydrogens (primary N) is 1. The van der Waals surface area contributed by atoms with Crippen molar-refractivity contribution in [2.75, 3.05) is 29.7 Å². The first-order valence-electron chi connectivity index (χ1n) is 7.43. The third kappa shape index (κ3) is 6.02. The standard InChI is InChI=1S/C17H19ClFN3S3/c1-22(12-4-3-5-13(10-12)23-2)17(20)21-16-11-14(6-7-15(16)18)24-8-9-25-19/h3-7,10-11H,8-9H2,1-2H3,(H2,20,21). The number of halogens is 2. The molecule has 0 aliphatic rings. The first-order chi connectivity index (χ1) is 12.0. The first kappa shape index (κ1) is 20.3. The molecule has 0 atom stereocenters. The maximum atomic E-state index is 12.2. The van der Waals surface area contributed by atoms with Gasteiger partial charge in [0.05, 0.1) is 10.7 Å². The number of nitrogens with zero attached hydrogens (tertiary/aromatic N) is 2. The number of anilines is 1. The Morgan fingerprint density at radius 2 is 2.00 bits per heavy atom. The normalized spacial score (nSPS) is 11.6. The van der Waals surface area contributed by atoms with E-state index in [4.69, 9.17) is 17.3 Å². The van der Waals surface area contributed by atoms with Crippen LogP contribution in [0.5, 0.6) is 0 Å². The molecule has 8 heteroatoms. The highest BCUT2D eigenvalue weighted by molar-refractivity contribution is 8.01. The van der Waals surface area contributed by atoms with Crippen LogP contribution >= 0.6 is 47.3 Å². The quantitative estimate of drug-likeness (QED) is 0.265. The zero-order chi connectivity index (χ0) is 18.2. The van der Waals surface area contributed by atoms with Crippen LogP contribution in [0.15, 0.2) is 57.2 Å². The Kier molecular flexibility index (Phi) is 8.29. The van der Waals surface area contributed by atoms with Gasteiger partial charge < -0.3 is 10.6 Å². The fourth-order valence-electron chi connectivity index (χ4n) is 2.01. The zero-order valence-electron chi connectivity index (χ0n) is 13.9. The van der Waals surface area contributed by atoms with Crippen molar-refractivity contribution in [2.24, 2.45) is 10.7 Å². The van der Waals surface area contributed by atoms with E-state index in [1.54, 1.807) is 29.6 Å². The summed E-state index contributed by atoms with van der Waals surface area (Å²) in [5, 5.41) is 0.526. The van der Waals surface area contributed by atoms with E-state index in [1.165, 1.54) is 0 Å². The van der Waals surface area contributed by atoms with Crippen LogP contribution in [0.2, 0.25) is 5.02 Å². The van der Waals surface area contributed by atoms with Crippen molar-refractivity contribution in [3.8, 4) is 0 Å². The van der Waals surface area contributed by atoms with Crippen molar-refractivity contribution < 1.29 is 3.89 Å². The largest absolute Gasteiger partial charge is 0.369 e. The molecule has 2 rings (SSSR count). The predicted octanol–water partition coefficient (Wildman–Crippen LogP) is 5.85. The number of thioether (sulfide) groups is 2. The van der Waals surface area contributed by atoms with E-state index in [-0.39, 0.29) is 0 Å². The van der Waals surface area contributed by atoms with Crippen LogP contribution < -0.4 is 10.6 Å². The molecule has 0 unspecified atom stereocenters. The maximum Gasteiger partial charge on any atom is 0.200 e. The van der Waals surface area contributed by atoms with Gasteiger partial charge in [-0.2, -0.15) is 3.89 Å². The number of hydrogen-bond acceptors (Lipinski definition) is 4. The van der Waals surface area contributed by atoms with Crippen LogP contribution in [0.3, 0.4) is 0 Å². The summed E-state index contributed by atoms with van der Waals surface area (Å²) in [7, 11) is 1.86. The van der Waals surface area contributed by atoms with E-state index in [0.29, 0.717) is 40.3 Å². The van der Waals surface area contributed by atoms with E-state index < -0.39 is 0 Å². The van der Waals surface area contributed by atoms with Crippen LogP contribution in [-0.2, 0) is 0 Å². The summed E-state index contributed by atoms with van der Waals surface area (Å²) < 4.78 is 12.2. The fraction of sp³-hybridized carbons (Fsp3) is 0.235. The Balaban J connectivity index is 2.20. The lowest BCUT2D eigenvalue weighted by Gasteiger charge is -2.19. The lowest BCUT2D eigenvalue weighted by atomic mass is 10.3. The van der Waals surface area contributed by atoms with E-state index in [0.717, 1.165) is 15.5 Å². The molecular weight excluding hydrogens is 397 g/mol. The lowest BCUT2D eigenvalue weighted by Crippen LogP contribution is -2.33. The monoisotopic (exact) mass is 415 g/mol. The molecule has 2 aromatic carbocycles. The van der Waals surface area contributed by atoms with Crippen LogP contribution in [0.4, 0.5) is 15.3 Å². The summed E-state index contributed by atoms with van der Waals surface area (Å²) in [6.07, 6.45) is 2.03. The molecule has 3 nitrogen and oxygen atoms in total. The Morgan fingerprint density at radius 3 is 2.72 bits per heavy atom. The Labute approximate surface area is 165 Å². The molecule has 134 valence electrons. The molecule has 2 N–H and O–H groups in total. The molecule has 0 bridgehead atoms. The molecule has 0 saturated heterocycles. The van der Waals surface area contributed by atoms with Gasteiger partial charge in [0, 0.05) is 46.2 Å². The summed E-state index contributed by atoms with van der Waals surface area (Å²) in [5.41, 5.74) is 7.72. The Morgan fingerprint density at radius 1 is 1.20 bits per heavy atom. The van der Waals surface area contributed by atoms with Crippen molar-refractivity contribution in [2.45, 2.75) is 9.79 Å². The Bertz CT molecular complexity index is 743. The van der Waals surface area contributed by atoms with Crippen LogP contribution in [0, 0.1) is 0 Å². The molecule has 0 radical (unpaired) electrons. The van der Waals surface area contributed by atoms with E-state index in [1.807, 2.05) is 48.5 Å². The van der Waals surface area contributed by atoms with Gasteiger partial charge in [-0.3, -0.25) is 0 Å². The second-order valence-corrected chi connectivity index (χ2v) is 8.09. The third-order valence-corrected chi connectivity index (χ3v) is 6.02. The molecule has 0 amide bonds. The van der Waals surface area contributed by atoms with Gasteiger partial charge >= 0.3 is 0 Å². The van der Waals surface area contributed by atoms with Crippen molar-refractivity contribution in [1.29, 1.82) is 0 Å². The van der Waals surface area contributed by atoms with E-state index >= 15 is 0 Å². The van der Waals surface area contributed by atoms with Gasteiger partial charge in [-0.25, -0.2) is 4.99 Å². The van der Waals surface area contributed by atoms with Crippen molar-refractivity contribution in [3.63, 3.8) is 0 Å². The predicted molar refractivity (Wildman–Crippen MR) is 114 cm³/mol. The van der Waals surface area contributed by atoms with Crippen molar-refractivity contribution in [1.82, 2.24) is 0 Å². The van der Waals surface area contributed by atoms with E-state index in [2.05, 4.69) is 11.1 Å². The molecule has 0 aliphatic carbocycles. The van der Waals surface area contributed by atoms with Crippen molar-refractivity contribution >= 4 is 64.6 Å². The third-order valence-electron chi connectivity index (χ3n) is 3.37. The second-order valence-electron chi connectivity index (χ2n) is 5.01. The number of guanidine groups is 1. The summed E-state index contributed by atoms with van der Waals surface area (Å²) in [6, 6.07) is 13.6. The molecule has 2 aromatic rings. The van der Waals surface area contributed by atoms with Crippen LogP contribution in [-0.4, -0.2) is 30.8 Å². The van der Waals surface area contributed by atoms with Gasteiger partial charge in [0.25, 0.3) is 0 Å². The minimum Gasteiger partial charge on any atom is -0.369 e. The van der Waals surface area contributed by atoms with Gasteiger partial charge in [-0.15, -0.1) is 23.5 Å². The highest BCUT2D eigenvalue weighted by Crippen LogP contribution is 2.31. The smallest absolute Gasteiger partial charge is 0.200 e. The van der Waals surface area contributed by atoms with Crippen LogP contribution in [0.25, 0.3) is 0 Å². The minimum atomic E-state index is 0.341. The van der Waals surface area contributed by atoms with Gasteiger partial charge in [0.2, 0.25) is 5.96 Å². The SMILES string of the molecule is CSc1cccc(N(C)C(N)=Nc2cc(SCCSF)ccc2Cl)c1. The number of benzene rings is 2. The molecule has 25 heavy (non-hydrogen) atoms. The molecule has 0 aromatic heterocycles. The van der Waals surface area contributed by atoms with Crippen molar-refractivity contribution in [3.05, 3.63) is 47.5 Å². The van der Waals surface area contributed by atoms with E-state index in [9.17, 15) is 3.89 Å². The maximum absolute atomic E-state index is 12.2. The topological polar surface area (TPSA) is 41.6 Å². The van der Waals surface area contributed by atoms with Gasteiger partial charge in [0.1, 0.15) is 0 Å². The second kappa shape index (κ2) is 10.2.